The van der Waals surface area contributed by atoms with Crippen LogP contribution >= 0.6 is 11.6 Å². The van der Waals surface area contributed by atoms with E-state index in [1.807, 2.05) is 0 Å². The van der Waals surface area contributed by atoms with Crippen molar-refractivity contribution in [1.82, 2.24) is 0 Å². The molecule has 0 saturated heterocycles. The summed E-state index contributed by atoms with van der Waals surface area (Å²) in [5.41, 5.74) is -0.195. The zero-order chi connectivity index (χ0) is 7.28. The second-order valence-electron chi connectivity index (χ2n) is 1.16. The fraction of sp³-hybridized carbons (Fsp3) is 0.500. The number of nitrogens with zero attached hydrogens (tertiary/aromatic N) is 1. The molecule has 0 aromatic carbocycles. The number of carboxylic acid groups (broad SMARTS) is 1. The van der Waals surface area contributed by atoms with Gasteiger partial charge >= 0.3 is 5.97 Å². The van der Waals surface area contributed by atoms with Gasteiger partial charge in [0.1, 0.15) is 7.11 Å². The molecule has 0 rings (SSSR count). The van der Waals surface area contributed by atoms with E-state index in [0.717, 1.165) is 0 Å². The number of alkyl halides is 1. The van der Waals surface area contributed by atoms with Gasteiger partial charge in [-0.25, -0.2) is 4.79 Å². The number of halogens is 1. The smallest absolute Gasteiger partial charge is 0.354 e. The van der Waals surface area contributed by atoms with Crippen molar-refractivity contribution >= 4 is 23.3 Å². The lowest BCUT2D eigenvalue weighted by molar-refractivity contribution is -0.129. The highest BCUT2D eigenvalue weighted by Gasteiger charge is 2.06. The summed E-state index contributed by atoms with van der Waals surface area (Å²) in [6, 6.07) is 0. The van der Waals surface area contributed by atoms with Gasteiger partial charge in [-0.05, 0) is 0 Å². The van der Waals surface area contributed by atoms with Crippen LogP contribution in [0.25, 0.3) is 0 Å². The molecular formula is C4H6ClNO3. The van der Waals surface area contributed by atoms with Gasteiger partial charge in [-0.3, -0.25) is 0 Å². The first-order valence-electron chi connectivity index (χ1n) is 2.11. The molecule has 0 atom stereocenters. The van der Waals surface area contributed by atoms with Crippen LogP contribution in [0.4, 0.5) is 0 Å². The molecular weight excluding hydrogens is 146 g/mol. The van der Waals surface area contributed by atoms with E-state index >= 15 is 0 Å². The van der Waals surface area contributed by atoms with Crippen molar-refractivity contribution in [2.75, 3.05) is 13.0 Å². The topological polar surface area (TPSA) is 58.9 Å². The van der Waals surface area contributed by atoms with Gasteiger partial charge in [0.15, 0.2) is 5.71 Å². The molecule has 5 heteroatoms. The van der Waals surface area contributed by atoms with Crippen molar-refractivity contribution in [2.24, 2.45) is 5.16 Å². The van der Waals surface area contributed by atoms with Crippen molar-refractivity contribution < 1.29 is 14.7 Å². The molecule has 0 aromatic rings. The highest BCUT2D eigenvalue weighted by molar-refractivity contribution is 6.46. The number of carbonyl (C=O) groups is 1. The van der Waals surface area contributed by atoms with Gasteiger partial charge in [-0.2, -0.15) is 0 Å². The third-order valence-corrected chi connectivity index (χ3v) is 0.828. The maximum absolute atomic E-state index is 10.0. The number of aliphatic carboxylic acids is 1. The summed E-state index contributed by atoms with van der Waals surface area (Å²) in [4.78, 5) is 14.2. The van der Waals surface area contributed by atoms with Crippen LogP contribution in [0.5, 0.6) is 0 Å². The minimum Gasteiger partial charge on any atom is -0.477 e. The van der Waals surface area contributed by atoms with Gasteiger partial charge in [0.2, 0.25) is 0 Å². The Hall–Kier alpha value is -0.770. The average molecular weight is 152 g/mol. The third kappa shape index (κ3) is 2.92. The minimum atomic E-state index is -1.16. The predicted molar refractivity (Wildman–Crippen MR) is 32.8 cm³/mol. The normalized spacial score (nSPS) is 11.1. The van der Waals surface area contributed by atoms with Crippen molar-refractivity contribution in [3.8, 4) is 0 Å². The molecule has 0 saturated carbocycles. The van der Waals surface area contributed by atoms with Crippen molar-refractivity contribution in [3.05, 3.63) is 0 Å². The van der Waals surface area contributed by atoms with E-state index in [0.29, 0.717) is 0 Å². The molecule has 0 aromatic heterocycles. The summed E-state index contributed by atoms with van der Waals surface area (Å²) >= 11 is 5.15. The SMILES string of the molecule is CON=C(CCl)C(=O)O. The fourth-order valence-corrected chi connectivity index (χ4v) is 0.394. The van der Waals surface area contributed by atoms with Crippen LogP contribution in [0, 0.1) is 0 Å². The van der Waals surface area contributed by atoms with E-state index in [1.54, 1.807) is 0 Å². The molecule has 1 N–H and O–H groups in total. The third-order valence-electron chi connectivity index (χ3n) is 0.575. The van der Waals surface area contributed by atoms with E-state index in [2.05, 4.69) is 9.99 Å². The van der Waals surface area contributed by atoms with E-state index < -0.39 is 5.97 Å². The summed E-state index contributed by atoms with van der Waals surface area (Å²) in [6.45, 7) is 0. The maximum atomic E-state index is 10.0. The number of hydrogen-bond donors (Lipinski definition) is 1. The predicted octanol–water partition coefficient (Wildman–Crippen LogP) is 0.312. The van der Waals surface area contributed by atoms with Crippen LogP contribution in [0.1, 0.15) is 0 Å². The summed E-state index contributed by atoms with van der Waals surface area (Å²) in [7, 11) is 1.26. The Labute approximate surface area is 57.1 Å². The maximum Gasteiger partial charge on any atom is 0.354 e. The van der Waals surface area contributed by atoms with E-state index in [-0.39, 0.29) is 11.6 Å². The second kappa shape index (κ2) is 4.14. The standard InChI is InChI=1S/C4H6ClNO3/c1-9-6-3(2-5)4(7)8/h2H2,1H3,(H,7,8). The first kappa shape index (κ1) is 8.23. The number of hydrogen-bond acceptors (Lipinski definition) is 3. The van der Waals surface area contributed by atoms with Gasteiger partial charge in [-0.15, -0.1) is 11.6 Å². The zero-order valence-corrected chi connectivity index (χ0v) is 5.55. The molecule has 0 spiro atoms. The van der Waals surface area contributed by atoms with Crippen molar-refractivity contribution in [2.45, 2.75) is 0 Å². The molecule has 0 radical (unpaired) electrons. The van der Waals surface area contributed by atoms with E-state index in [4.69, 9.17) is 16.7 Å². The van der Waals surface area contributed by atoms with Crippen LogP contribution in [0.15, 0.2) is 5.16 Å². The van der Waals surface area contributed by atoms with Crippen LogP contribution in [-0.2, 0) is 9.63 Å². The summed E-state index contributed by atoms with van der Waals surface area (Å²) < 4.78 is 0. The lowest BCUT2D eigenvalue weighted by Gasteiger charge is -1.91. The molecule has 4 nitrogen and oxygen atoms in total. The first-order chi connectivity index (χ1) is 4.22. The average Bonchev–Trinajstić information content (AvgIpc) is 1.82. The molecule has 9 heavy (non-hydrogen) atoms. The van der Waals surface area contributed by atoms with Crippen LogP contribution in [0.3, 0.4) is 0 Å². The zero-order valence-electron chi connectivity index (χ0n) is 4.80. The number of carboxylic acids is 1. The summed E-state index contributed by atoms with van der Waals surface area (Å²) in [5.74, 6) is -1.31. The van der Waals surface area contributed by atoms with E-state index in [1.165, 1.54) is 7.11 Å². The largest absolute Gasteiger partial charge is 0.477 e. The van der Waals surface area contributed by atoms with Gasteiger partial charge < -0.3 is 9.94 Å². The molecule has 0 aliphatic rings. The minimum absolute atomic E-state index is 0.150. The number of rotatable bonds is 3. The van der Waals surface area contributed by atoms with Gasteiger partial charge in [0.05, 0.1) is 5.88 Å². The van der Waals surface area contributed by atoms with Gasteiger partial charge in [0, 0.05) is 0 Å². The Morgan fingerprint density at radius 2 is 2.44 bits per heavy atom. The quantitative estimate of drug-likeness (QED) is 0.359. The van der Waals surface area contributed by atoms with E-state index in [9.17, 15) is 4.79 Å². The van der Waals surface area contributed by atoms with Crippen LogP contribution in [-0.4, -0.2) is 29.8 Å². The Balaban J connectivity index is 3.98. The molecule has 0 heterocycles. The molecule has 0 bridgehead atoms. The monoisotopic (exact) mass is 151 g/mol. The van der Waals surface area contributed by atoms with Crippen LogP contribution in [0.2, 0.25) is 0 Å². The van der Waals surface area contributed by atoms with Crippen LogP contribution < -0.4 is 0 Å². The second-order valence-corrected chi connectivity index (χ2v) is 1.43. The summed E-state index contributed by atoms with van der Waals surface area (Å²) in [6.07, 6.45) is 0. The summed E-state index contributed by atoms with van der Waals surface area (Å²) in [5, 5.41) is 11.3. The molecule has 0 aliphatic heterocycles. The highest BCUT2D eigenvalue weighted by atomic mass is 35.5. The van der Waals surface area contributed by atoms with Crippen molar-refractivity contribution in [3.63, 3.8) is 0 Å². The Morgan fingerprint density at radius 3 is 2.56 bits per heavy atom. The molecule has 0 amide bonds. The highest BCUT2D eigenvalue weighted by Crippen LogP contribution is 1.84. The first-order valence-corrected chi connectivity index (χ1v) is 2.65. The number of oxime groups is 1. The fourth-order valence-electron chi connectivity index (χ4n) is 0.231. The lowest BCUT2D eigenvalue weighted by Crippen LogP contribution is -2.14. The Morgan fingerprint density at radius 1 is 1.89 bits per heavy atom. The van der Waals surface area contributed by atoms with Crippen molar-refractivity contribution in [1.29, 1.82) is 0 Å². The lowest BCUT2D eigenvalue weighted by atomic mass is 10.4. The molecule has 0 unspecified atom stereocenters. The van der Waals surface area contributed by atoms with Gasteiger partial charge in [-0.1, -0.05) is 5.16 Å². The van der Waals surface area contributed by atoms with Gasteiger partial charge in [0.25, 0.3) is 0 Å². The Bertz CT molecular complexity index is 134. The molecule has 0 fully saturated rings. The molecule has 0 aliphatic carbocycles. The Kier molecular flexibility index (Phi) is 3.79. The molecule has 52 valence electrons.